The van der Waals surface area contributed by atoms with Gasteiger partial charge in [-0.25, -0.2) is 10.1 Å². The number of phenolic OH excluding ortho intramolecular Hbond substituents is 1. The Morgan fingerprint density at radius 1 is 1.36 bits per heavy atom. The second kappa shape index (κ2) is 3.78. The fraction of sp³-hybridized carbons (Fsp3) is 0.111. The van der Waals surface area contributed by atoms with Crippen LogP contribution in [0.1, 0.15) is 5.56 Å². The number of nitrogens with one attached hydrogen (secondary N) is 2. The number of para-hydroxylation sites is 1. The van der Waals surface area contributed by atoms with E-state index in [0.29, 0.717) is 12.5 Å². The van der Waals surface area contributed by atoms with E-state index < -0.39 is 0 Å². The Morgan fingerprint density at radius 2 is 2.21 bits per heavy atom. The predicted molar refractivity (Wildman–Crippen MR) is 51.8 cm³/mol. The molecule has 0 saturated heterocycles. The van der Waals surface area contributed by atoms with Crippen molar-refractivity contribution in [1.29, 1.82) is 0 Å². The highest BCUT2D eigenvalue weighted by Gasteiger charge is 1.99. The predicted octanol–water partition coefficient (Wildman–Crippen LogP) is 1.12. The molecular formula is C9H10N4O. The van der Waals surface area contributed by atoms with Crippen LogP contribution >= 0.6 is 0 Å². The van der Waals surface area contributed by atoms with Crippen LogP contribution in [-0.4, -0.2) is 20.3 Å². The van der Waals surface area contributed by atoms with Crippen molar-refractivity contribution >= 4 is 5.95 Å². The maximum absolute atomic E-state index is 9.45. The van der Waals surface area contributed by atoms with E-state index >= 15 is 0 Å². The summed E-state index contributed by atoms with van der Waals surface area (Å²) < 4.78 is 0. The molecule has 5 heteroatoms. The van der Waals surface area contributed by atoms with Gasteiger partial charge in [0, 0.05) is 12.1 Å². The van der Waals surface area contributed by atoms with Crippen molar-refractivity contribution in [2.45, 2.75) is 6.54 Å². The van der Waals surface area contributed by atoms with Crippen molar-refractivity contribution in [3.63, 3.8) is 0 Å². The zero-order valence-corrected chi connectivity index (χ0v) is 7.44. The fourth-order valence-electron chi connectivity index (χ4n) is 1.13. The molecule has 5 nitrogen and oxygen atoms in total. The molecule has 2 aromatic rings. The molecule has 0 atom stereocenters. The summed E-state index contributed by atoms with van der Waals surface area (Å²) >= 11 is 0. The van der Waals surface area contributed by atoms with Crippen LogP contribution in [0.2, 0.25) is 0 Å². The molecule has 0 fully saturated rings. The molecule has 0 unspecified atom stereocenters. The molecular weight excluding hydrogens is 180 g/mol. The van der Waals surface area contributed by atoms with Crippen LogP contribution in [0.25, 0.3) is 0 Å². The highest BCUT2D eigenvalue weighted by Crippen LogP contribution is 2.15. The number of nitrogens with zero attached hydrogens (tertiary/aromatic N) is 2. The first-order valence-electron chi connectivity index (χ1n) is 4.22. The molecule has 1 aromatic heterocycles. The Morgan fingerprint density at radius 3 is 2.93 bits per heavy atom. The first kappa shape index (κ1) is 8.55. The summed E-state index contributed by atoms with van der Waals surface area (Å²) in [4.78, 5) is 3.90. The number of H-pyrrole nitrogens is 1. The van der Waals surface area contributed by atoms with E-state index in [0.717, 1.165) is 5.56 Å². The Balaban J connectivity index is 2.02. The SMILES string of the molecule is Oc1ccccc1CNc1ncn[nH]1. The zero-order chi connectivity index (χ0) is 9.80. The van der Waals surface area contributed by atoms with Gasteiger partial charge in [-0.1, -0.05) is 18.2 Å². The summed E-state index contributed by atoms with van der Waals surface area (Å²) in [5.74, 6) is 0.868. The summed E-state index contributed by atoms with van der Waals surface area (Å²) in [5.41, 5.74) is 0.823. The van der Waals surface area contributed by atoms with Crippen molar-refractivity contribution in [3.05, 3.63) is 36.2 Å². The molecule has 0 saturated carbocycles. The number of rotatable bonds is 3. The van der Waals surface area contributed by atoms with Gasteiger partial charge in [0.05, 0.1) is 0 Å². The molecule has 2 rings (SSSR count). The standard InChI is InChI=1S/C9H10N4O/c14-8-4-2-1-3-7(8)5-10-9-11-6-12-13-9/h1-4,6,14H,5H2,(H2,10,11,12,13). The minimum atomic E-state index is 0.277. The third-order valence-corrected chi connectivity index (χ3v) is 1.85. The third-order valence-electron chi connectivity index (χ3n) is 1.85. The Hall–Kier alpha value is -2.04. The Labute approximate surface area is 80.8 Å². The Bertz CT molecular complexity index is 399. The monoisotopic (exact) mass is 190 g/mol. The smallest absolute Gasteiger partial charge is 0.218 e. The van der Waals surface area contributed by atoms with Gasteiger partial charge < -0.3 is 10.4 Å². The number of benzene rings is 1. The highest BCUT2D eigenvalue weighted by molar-refractivity contribution is 5.35. The lowest BCUT2D eigenvalue weighted by molar-refractivity contribution is 0.469. The van der Waals surface area contributed by atoms with Crippen molar-refractivity contribution < 1.29 is 5.11 Å². The molecule has 1 aromatic carbocycles. The summed E-state index contributed by atoms with van der Waals surface area (Å²) in [6, 6.07) is 7.15. The molecule has 0 aliphatic heterocycles. The van der Waals surface area contributed by atoms with Crippen LogP contribution in [0.15, 0.2) is 30.6 Å². The molecule has 72 valence electrons. The Kier molecular flexibility index (Phi) is 2.31. The first-order valence-corrected chi connectivity index (χ1v) is 4.22. The average Bonchev–Trinajstić information content (AvgIpc) is 2.69. The van der Waals surface area contributed by atoms with Crippen molar-refractivity contribution in [1.82, 2.24) is 15.2 Å². The fourth-order valence-corrected chi connectivity index (χ4v) is 1.13. The topological polar surface area (TPSA) is 73.8 Å². The van der Waals surface area contributed by atoms with Gasteiger partial charge in [-0.3, -0.25) is 0 Å². The largest absolute Gasteiger partial charge is 0.508 e. The molecule has 1 heterocycles. The molecule has 0 spiro atoms. The highest BCUT2D eigenvalue weighted by atomic mass is 16.3. The van der Waals surface area contributed by atoms with E-state index in [9.17, 15) is 5.11 Å². The zero-order valence-electron chi connectivity index (χ0n) is 7.44. The molecule has 0 radical (unpaired) electrons. The van der Waals surface area contributed by atoms with Crippen LogP contribution in [0.5, 0.6) is 5.75 Å². The van der Waals surface area contributed by atoms with Gasteiger partial charge in [0.25, 0.3) is 0 Å². The first-order chi connectivity index (χ1) is 6.86. The van der Waals surface area contributed by atoms with Gasteiger partial charge in [-0.15, -0.1) is 0 Å². The number of aromatic hydroxyl groups is 1. The van der Waals surface area contributed by atoms with Gasteiger partial charge in [-0.2, -0.15) is 5.10 Å². The lowest BCUT2D eigenvalue weighted by Gasteiger charge is -2.04. The number of hydrogen-bond donors (Lipinski definition) is 3. The molecule has 3 N–H and O–H groups in total. The van der Waals surface area contributed by atoms with Crippen LogP contribution in [0, 0.1) is 0 Å². The van der Waals surface area contributed by atoms with Gasteiger partial charge in [0.15, 0.2) is 0 Å². The summed E-state index contributed by atoms with van der Waals surface area (Å²) in [7, 11) is 0. The van der Waals surface area contributed by atoms with Crippen molar-refractivity contribution in [2.75, 3.05) is 5.32 Å². The maximum atomic E-state index is 9.45. The summed E-state index contributed by atoms with van der Waals surface area (Å²) in [5, 5.41) is 18.8. The van der Waals surface area contributed by atoms with Crippen molar-refractivity contribution in [3.8, 4) is 5.75 Å². The van der Waals surface area contributed by atoms with E-state index in [4.69, 9.17) is 0 Å². The lowest BCUT2D eigenvalue weighted by atomic mass is 10.2. The third kappa shape index (κ3) is 1.82. The number of hydrogen-bond acceptors (Lipinski definition) is 4. The van der Waals surface area contributed by atoms with Crippen LogP contribution in [-0.2, 0) is 6.54 Å². The molecule has 0 aliphatic rings. The lowest BCUT2D eigenvalue weighted by Crippen LogP contribution is -2.00. The minimum Gasteiger partial charge on any atom is -0.508 e. The summed E-state index contributed by atoms with van der Waals surface area (Å²) in [6.45, 7) is 0.516. The molecule has 14 heavy (non-hydrogen) atoms. The number of phenols is 1. The van der Waals surface area contributed by atoms with E-state index in [2.05, 4.69) is 20.5 Å². The number of aromatic nitrogens is 3. The number of anilines is 1. The molecule has 0 bridgehead atoms. The van der Waals surface area contributed by atoms with Crippen molar-refractivity contribution in [2.24, 2.45) is 0 Å². The average molecular weight is 190 g/mol. The van der Waals surface area contributed by atoms with E-state index in [-0.39, 0.29) is 5.75 Å². The van der Waals surface area contributed by atoms with E-state index in [1.165, 1.54) is 6.33 Å². The summed E-state index contributed by atoms with van der Waals surface area (Å²) in [6.07, 6.45) is 1.42. The molecule has 0 amide bonds. The normalized spacial score (nSPS) is 10.0. The van der Waals surface area contributed by atoms with Gasteiger partial charge in [0.1, 0.15) is 12.1 Å². The van der Waals surface area contributed by atoms with E-state index in [1.807, 2.05) is 12.1 Å². The van der Waals surface area contributed by atoms with Gasteiger partial charge in [0.2, 0.25) is 5.95 Å². The van der Waals surface area contributed by atoms with Crippen LogP contribution < -0.4 is 5.32 Å². The van der Waals surface area contributed by atoms with Crippen LogP contribution in [0.3, 0.4) is 0 Å². The van der Waals surface area contributed by atoms with Gasteiger partial charge in [-0.05, 0) is 6.07 Å². The maximum Gasteiger partial charge on any atom is 0.218 e. The molecule has 0 aliphatic carbocycles. The second-order valence-electron chi connectivity index (χ2n) is 2.82. The quantitative estimate of drug-likeness (QED) is 0.678. The van der Waals surface area contributed by atoms with E-state index in [1.54, 1.807) is 12.1 Å². The van der Waals surface area contributed by atoms with Crippen LogP contribution in [0.4, 0.5) is 5.95 Å². The second-order valence-corrected chi connectivity index (χ2v) is 2.82. The number of aromatic amines is 1. The van der Waals surface area contributed by atoms with Gasteiger partial charge >= 0.3 is 0 Å². The minimum absolute atomic E-state index is 0.277.